The number of para-hydroxylation sites is 1. The van der Waals surface area contributed by atoms with E-state index in [-0.39, 0.29) is 16.4 Å². The van der Waals surface area contributed by atoms with Crippen LogP contribution >= 0.6 is 0 Å². The molecule has 2 aromatic carbocycles. The molecule has 1 N–H and O–H groups in total. The third kappa shape index (κ3) is 4.30. The SMILES string of the molecule is COc1cccc2cc(C(C)NC(=O)c3cccc(S(=O)(=O)N4CCOCC4)c3)oc12. The van der Waals surface area contributed by atoms with Crippen LogP contribution in [0, 0.1) is 0 Å². The highest BCUT2D eigenvalue weighted by molar-refractivity contribution is 7.89. The zero-order valence-corrected chi connectivity index (χ0v) is 18.1. The molecule has 4 rings (SSSR count). The summed E-state index contributed by atoms with van der Waals surface area (Å²) in [6.07, 6.45) is 0. The van der Waals surface area contributed by atoms with Crippen molar-refractivity contribution in [1.82, 2.24) is 9.62 Å². The fraction of sp³-hybridized carbons (Fsp3) is 0.318. The van der Waals surface area contributed by atoms with Crippen LogP contribution in [-0.4, -0.2) is 52.0 Å². The Bertz CT molecular complexity index is 1200. The number of hydrogen-bond donors (Lipinski definition) is 1. The Hall–Kier alpha value is -2.88. The van der Waals surface area contributed by atoms with Gasteiger partial charge in [0.2, 0.25) is 10.0 Å². The van der Waals surface area contributed by atoms with Crippen molar-refractivity contribution < 1.29 is 27.1 Å². The van der Waals surface area contributed by atoms with Gasteiger partial charge in [0.25, 0.3) is 5.91 Å². The number of rotatable bonds is 6. The molecule has 8 nitrogen and oxygen atoms in total. The van der Waals surface area contributed by atoms with E-state index in [0.717, 1.165) is 5.39 Å². The summed E-state index contributed by atoms with van der Waals surface area (Å²) in [7, 11) is -2.11. The van der Waals surface area contributed by atoms with Crippen LogP contribution in [0.2, 0.25) is 0 Å². The maximum atomic E-state index is 12.9. The monoisotopic (exact) mass is 444 g/mol. The fourth-order valence-corrected chi connectivity index (χ4v) is 4.97. The lowest BCUT2D eigenvalue weighted by Gasteiger charge is -2.26. The molecule has 164 valence electrons. The van der Waals surface area contributed by atoms with E-state index in [1.807, 2.05) is 18.2 Å². The van der Waals surface area contributed by atoms with Gasteiger partial charge in [0.05, 0.1) is 31.3 Å². The molecule has 1 amide bonds. The third-order valence-corrected chi connectivity index (χ3v) is 7.12. The number of ether oxygens (including phenoxy) is 2. The van der Waals surface area contributed by atoms with E-state index in [1.54, 1.807) is 32.2 Å². The molecule has 0 aliphatic carbocycles. The van der Waals surface area contributed by atoms with Gasteiger partial charge in [0.15, 0.2) is 11.3 Å². The first-order chi connectivity index (χ1) is 14.9. The molecule has 1 atom stereocenters. The normalized spacial score (nSPS) is 16.2. The molecular formula is C22H24N2O6S. The first kappa shape index (κ1) is 21.4. The Morgan fingerprint density at radius 2 is 1.87 bits per heavy atom. The van der Waals surface area contributed by atoms with Crippen molar-refractivity contribution in [3.05, 3.63) is 59.9 Å². The fourth-order valence-electron chi connectivity index (χ4n) is 3.52. The van der Waals surface area contributed by atoms with Crippen LogP contribution < -0.4 is 10.1 Å². The minimum Gasteiger partial charge on any atom is -0.493 e. The van der Waals surface area contributed by atoms with Gasteiger partial charge in [-0.15, -0.1) is 0 Å². The van der Waals surface area contributed by atoms with Crippen LogP contribution in [0.4, 0.5) is 0 Å². The van der Waals surface area contributed by atoms with Gasteiger partial charge in [-0.3, -0.25) is 4.79 Å². The van der Waals surface area contributed by atoms with Gasteiger partial charge in [0, 0.05) is 24.0 Å². The lowest BCUT2D eigenvalue weighted by atomic mass is 10.1. The number of nitrogens with zero attached hydrogens (tertiary/aromatic N) is 1. The van der Waals surface area contributed by atoms with E-state index >= 15 is 0 Å². The topological polar surface area (TPSA) is 98.1 Å². The van der Waals surface area contributed by atoms with Crippen molar-refractivity contribution >= 4 is 26.9 Å². The summed E-state index contributed by atoms with van der Waals surface area (Å²) in [5.41, 5.74) is 0.870. The average molecular weight is 445 g/mol. The summed E-state index contributed by atoms with van der Waals surface area (Å²) in [6.45, 7) is 3.12. The summed E-state index contributed by atoms with van der Waals surface area (Å²) in [5.74, 6) is 0.798. The maximum absolute atomic E-state index is 12.9. The Balaban J connectivity index is 1.53. The summed E-state index contributed by atoms with van der Waals surface area (Å²) in [5, 5.41) is 3.74. The smallest absolute Gasteiger partial charge is 0.251 e. The van der Waals surface area contributed by atoms with Crippen molar-refractivity contribution in [3.8, 4) is 5.75 Å². The number of sulfonamides is 1. The molecule has 31 heavy (non-hydrogen) atoms. The zero-order valence-electron chi connectivity index (χ0n) is 17.3. The number of fused-ring (bicyclic) bond motifs is 1. The summed E-state index contributed by atoms with van der Waals surface area (Å²) >= 11 is 0. The van der Waals surface area contributed by atoms with Gasteiger partial charge in [-0.05, 0) is 37.3 Å². The molecule has 1 unspecified atom stereocenters. The summed E-state index contributed by atoms with van der Waals surface area (Å²) < 4.78 is 43.6. The number of morpholine rings is 1. The van der Waals surface area contributed by atoms with Gasteiger partial charge in [-0.25, -0.2) is 8.42 Å². The molecule has 0 saturated carbocycles. The lowest BCUT2D eigenvalue weighted by Crippen LogP contribution is -2.40. The first-order valence-corrected chi connectivity index (χ1v) is 11.4. The molecule has 1 aromatic heterocycles. The van der Waals surface area contributed by atoms with Crippen molar-refractivity contribution in [2.24, 2.45) is 0 Å². The first-order valence-electron chi connectivity index (χ1n) is 9.95. The Kier molecular flexibility index (Phi) is 5.99. The maximum Gasteiger partial charge on any atom is 0.251 e. The number of carbonyl (C=O) groups is 1. The molecule has 0 radical (unpaired) electrons. The second kappa shape index (κ2) is 8.70. The number of amides is 1. The second-order valence-corrected chi connectivity index (χ2v) is 9.20. The predicted molar refractivity (Wildman–Crippen MR) is 115 cm³/mol. The minimum atomic E-state index is -3.68. The highest BCUT2D eigenvalue weighted by atomic mass is 32.2. The van der Waals surface area contributed by atoms with Crippen molar-refractivity contribution in [1.29, 1.82) is 0 Å². The van der Waals surface area contributed by atoms with Crippen LogP contribution in [0.25, 0.3) is 11.0 Å². The number of benzene rings is 2. The van der Waals surface area contributed by atoms with E-state index in [4.69, 9.17) is 13.9 Å². The number of carbonyl (C=O) groups excluding carboxylic acids is 1. The van der Waals surface area contributed by atoms with Gasteiger partial charge in [-0.2, -0.15) is 4.31 Å². The van der Waals surface area contributed by atoms with Gasteiger partial charge >= 0.3 is 0 Å². The minimum absolute atomic E-state index is 0.0863. The molecule has 0 spiro atoms. The standard InChI is InChI=1S/C22H24N2O6S/c1-15(20-14-16-5-4-8-19(28-2)21(16)30-20)23-22(25)17-6-3-7-18(13-17)31(26,27)24-9-11-29-12-10-24/h3-8,13-15H,9-12H2,1-2H3,(H,23,25). The van der Waals surface area contributed by atoms with Gasteiger partial charge in [0.1, 0.15) is 5.76 Å². The van der Waals surface area contributed by atoms with Crippen LogP contribution in [0.1, 0.15) is 29.1 Å². The summed E-state index contributed by atoms with van der Waals surface area (Å²) in [4.78, 5) is 12.9. The molecule has 2 heterocycles. The quantitative estimate of drug-likeness (QED) is 0.628. The largest absolute Gasteiger partial charge is 0.493 e. The second-order valence-electron chi connectivity index (χ2n) is 7.27. The lowest BCUT2D eigenvalue weighted by molar-refractivity contribution is 0.0730. The van der Waals surface area contributed by atoms with Crippen molar-refractivity contribution in [2.45, 2.75) is 17.9 Å². The van der Waals surface area contributed by atoms with Crippen LogP contribution in [0.5, 0.6) is 5.75 Å². The molecule has 1 saturated heterocycles. The Morgan fingerprint density at radius 3 is 2.61 bits per heavy atom. The van der Waals surface area contributed by atoms with E-state index < -0.39 is 16.1 Å². The van der Waals surface area contributed by atoms with Crippen molar-refractivity contribution in [3.63, 3.8) is 0 Å². The zero-order chi connectivity index (χ0) is 22.0. The highest BCUT2D eigenvalue weighted by Crippen LogP contribution is 2.31. The van der Waals surface area contributed by atoms with E-state index in [0.29, 0.717) is 43.4 Å². The summed E-state index contributed by atoms with van der Waals surface area (Å²) in [6, 6.07) is 13.0. The molecule has 3 aromatic rings. The molecule has 9 heteroatoms. The van der Waals surface area contributed by atoms with E-state index in [2.05, 4.69) is 5.32 Å². The Morgan fingerprint density at radius 1 is 1.13 bits per heavy atom. The molecular weight excluding hydrogens is 420 g/mol. The van der Waals surface area contributed by atoms with E-state index in [9.17, 15) is 13.2 Å². The van der Waals surface area contributed by atoms with Gasteiger partial charge in [-0.1, -0.05) is 18.2 Å². The van der Waals surface area contributed by atoms with Crippen LogP contribution in [0.3, 0.4) is 0 Å². The Labute approximate surface area is 180 Å². The molecule has 1 aliphatic heterocycles. The number of furan rings is 1. The molecule has 0 bridgehead atoms. The van der Waals surface area contributed by atoms with Crippen LogP contribution in [-0.2, 0) is 14.8 Å². The van der Waals surface area contributed by atoms with Crippen LogP contribution in [0.15, 0.2) is 57.8 Å². The average Bonchev–Trinajstić information content (AvgIpc) is 3.24. The third-order valence-electron chi connectivity index (χ3n) is 5.23. The van der Waals surface area contributed by atoms with E-state index in [1.165, 1.54) is 16.4 Å². The van der Waals surface area contributed by atoms with Crippen molar-refractivity contribution in [2.75, 3.05) is 33.4 Å². The predicted octanol–water partition coefficient (Wildman–Crippen LogP) is 2.95. The molecule has 1 aliphatic rings. The number of nitrogens with one attached hydrogen (secondary N) is 1. The number of methoxy groups -OCH3 is 1. The molecule has 1 fully saturated rings. The van der Waals surface area contributed by atoms with Gasteiger partial charge < -0.3 is 19.2 Å². The highest BCUT2D eigenvalue weighted by Gasteiger charge is 2.27. The number of hydrogen-bond acceptors (Lipinski definition) is 6.